The maximum Gasteiger partial charge on any atom is 0.164 e. The summed E-state index contributed by atoms with van der Waals surface area (Å²) >= 11 is 0. The molecule has 0 spiro atoms. The number of hydrogen-bond acceptors (Lipinski definition) is 3. The highest BCUT2D eigenvalue weighted by atomic mass is 15.3. The van der Waals surface area contributed by atoms with E-state index in [-0.39, 0.29) is 0 Å². The van der Waals surface area contributed by atoms with E-state index in [1.54, 1.807) is 0 Å². The summed E-state index contributed by atoms with van der Waals surface area (Å²) in [6.07, 6.45) is 1.94. The largest absolute Gasteiger partial charge is 0.360 e. The van der Waals surface area contributed by atoms with Crippen LogP contribution in [0.4, 0.5) is 0 Å². The molecule has 3 heterocycles. The zero-order chi connectivity index (χ0) is 25.5. The monoisotopic (exact) mass is 487 g/mol. The van der Waals surface area contributed by atoms with E-state index in [0.717, 1.165) is 49.9 Å². The van der Waals surface area contributed by atoms with Crippen molar-refractivity contribution in [2.45, 2.75) is 0 Å². The van der Waals surface area contributed by atoms with E-state index in [4.69, 9.17) is 10.1 Å². The molecule has 0 amide bonds. The maximum atomic E-state index is 10.6. The molecule has 0 bridgehead atoms. The van der Waals surface area contributed by atoms with Gasteiger partial charge < -0.3 is 4.98 Å². The lowest BCUT2D eigenvalue weighted by molar-refractivity contribution is 0.901. The lowest BCUT2D eigenvalue weighted by Gasteiger charge is -2.13. The third kappa shape index (κ3) is 3.40. The van der Waals surface area contributed by atoms with Gasteiger partial charge in [-0.2, -0.15) is 10.4 Å². The van der Waals surface area contributed by atoms with Gasteiger partial charge in [0.1, 0.15) is 11.8 Å². The van der Waals surface area contributed by atoms with Gasteiger partial charge >= 0.3 is 0 Å². The number of rotatable bonds is 4. The zero-order valence-corrected chi connectivity index (χ0v) is 20.3. The molecular weight excluding hydrogens is 466 g/mol. The van der Waals surface area contributed by atoms with Crippen LogP contribution >= 0.6 is 0 Å². The minimum atomic E-state index is 0.526. The highest BCUT2D eigenvalue weighted by molar-refractivity contribution is 6.08. The third-order valence-electron chi connectivity index (χ3n) is 6.88. The van der Waals surface area contributed by atoms with Crippen molar-refractivity contribution in [3.8, 4) is 45.4 Å². The molecule has 0 fully saturated rings. The second-order valence-electron chi connectivity index (χ2n) is 9.10. The average Bonchev–Trinajstić information content (AvgIpc) is 3.59. The van der Waals surface area contributed by atoms with Crippen LogP contribution in [0.25, 0.3) is 61.3 Å². The predicted molar refractivity (Wildman–Crippen MR) is 152 cm³/mol. The summed E-state index contributed by atoms with van der Waals surface area (Å²) in [5.41, 5.74) is 8.18. The summed E-state index contributed by atoms with van der Waals surface area (Å²) in [5, 5.41) is 17.6. The Balaban J connectivity index is 1.69. The quantitative estimate of drug-likeness (QED) is 0.276. The van der Waals surface area contributed by atoms with Crippen LogP contribution in [-0.4, -0.2) is 19.7 Å². The number of nitriles is 1. The molecule has 7 aromatic rings. The average molecular weight is 488 g/mol. The number of nitrogens with one attached hydrogen (secondary N) is 1. The lowest BCUT2D eigenvalue weighted by atomic mass is 9.92. The molecule has 0 unspecified atom stereocenters. The van der Waals surface area contributed by atoms with Gasteiger partial charge in [0.15, 0.2) is 5.65 Å². The van der Waals surface area contributed by atoms with Gasteiger partial charge in [0.2, 0.25) is 0 Å². The molecule has 0 radical (unpaired) electrons. The van der Waals surface area contributed by atoms with Crippen LogP contribution in [0.15, 0.2) is 121 Å². The van der Waals surface area contributed by atoms with Gasteiger partial charge in [0.05, 0.1) is 22.3 Å². The van der Waals surface area contributed by atoms with E-state index in [9.17, 15) is 5.26 Å². The third-order valence-corrected chi connectivity index (χ3v) is 6.88. The summed E-state index contributed by atoms with van der Waals surface area (Å²) in [6, 6.07) is 40.8. The normalized spacial score (nSPS) is 11.1. The van der Waals surface area contributed by atoms with Crippen molar-refractivity contribution in [2.24, 2.45) is 0 Å². The van der Waals surface area contributed by atoms with Gasteiger partial charge in [-0.15, -0.1) is 0 Å². The van der Waals surface area contributed by atoms with Gasteiger partial charge in [-0.25, -0.2) is 9.67 Å². The first-order valence-corrected chi connectivity index (χ1v) is 12.4. The first-order valence-electron chi connectivity index (χ1n) is 12.4. The van der Waals surface area contributed by atoms with Crippen molar-refractivity contribution in [3.05, 3.63) is 127 Å². The van der Waals surface area contributed by atoms with Crippen LogP contribution in [-0.2, 0) is 0 Å². The second kappa shape index (κ2) is 8.88. The van der Waals surface area contributed by atoms with Crippen molar-refractivity contribution >= 4 is 21.9 Å². The molecule has 0 aliphatic rings. The topological polar surface area (TPSA) is 70.3 Å². The Morgan fingerprint density at radius 3 is 2.03 bits per heavy atom. The van der Waals surface area contributed by atoms with Gasteiger partial charge in [0, 0.05) is 33.8 Å². The fourth-order valence-corrected chi connectivity index (χ4v) is 5.16. The molecule has 0 aliphatic carbocycles. The highest BCUT2D eigenvalue weighted by Crippen LogP contribution is 2.42. The van der Waals surface area contributed by atoms with Crippen LogP contribution in [0.2, 0.25) is 0 Å². The Hall–Kier alpha value is -5.47. The SMILES string of the molecule is N#Cc1c(-c2c[nH]c3ccccc23)nc2c(c(-c3ccccc3)nn2-c2ccccc2)c1-c1ccccc1. The molecule has 0 atom stereocenters. The molecule has 0 aliphatic heterocycles. The smallest absolute Gasteiger partial charge is 0.164 e. The number of pyridine rings is 1. The van der Waals surface area contributed by atoms with Crippen LogP contribution < -0.4 is 0 Å². The molecule has 0 saturated carbocycles. The predicted octanol–water partition coefficient (Wildman–Crippen LogP) is 7.77. The summed E-state index contributed by atoms with van der Waals surface area (Å²) in [6.45, 7) is 0. The summed E-state index contributed by atoms with van der Waals surface area (Å²) < 4.78 is 1.89. The number of fused-ring (bicyclic) bond motifs is 2. The van der Waals surface area contributed by atoms with Crippen molar-refractivity contribution < 1.29 is 0 Å². The molecule has 1 N–H and O–H groups in total. The number of benzene rings is 4. The number of aromatic nitrogens is 4. The van der Waals surface area contributed by atoms with Gasteiger partial charge in [0.25, 0.3) is 0 Å². The number of aromatic amines is 1. The molecule has 3 aromatic heterocycles. The Kier molecular flexibility index (Phi) is 5.09. The first-order chi connectivity index (χ1) is 18.8. The van der Waals surface area contributed by atoms with Crippen LogP contribution in [0.3, 0.4) is 0 Å². The molecule has 4 aromatic carbocycles. The summed E-state index contributed by atoms with van der Waals surface area (Å²) in [5.74, 6) is 0. The van der Waals surface area contributed by atoms with E-state index in [1.807, 2.05) is 120 Å². The number of para-hydroxylation sites is 2. The molecule has 178 valence electrons. The summed E-state index contributed by atoms with van der Waals surface area (Å²) in [4.78, 5) is 8.56. The second-order valence-corrected chi connectivity index (χ2v) is 9.10. The highest BCUT2D eigenvalue weighted by Gasteiger charge is 2.26. The molecule has 5 heteroatoms. The van der Waals surface area contributed by atoms with E-state index < -0.39 is 0 Å². The molecular formula is C33H21N5. The molecule has 0 saturated heterocycles. The van der Waals surface area contributed by atoms with Gasteiger partial charge in [-0.05, 0) is 23.8 Å². The standard InChI is InChI=1S/C33H21N5/c34-20-26-29(22-12-4-1-5-13-22)30-31(23-14-6-2-7-15-23)37-38(24-16-8-3-9-17-24)33(30)36-32(26)27-21-35-28-19-11-10-18-25(27)28/h1-19,21,35H. The fourth-order valence-electron chi connectivity index (χ4n) is 5.16. The van der Waals surface area contributed by atoms with Gasteiger partial charge in [-0.3, -0.25) is 0 Å². The minimum Gasteiger partial charge on any atom is -0.360 e. The van der Waals surface area contributed by atoms with Crippen molar-refractivity contribution in [1.29, 1.82) is 5.26 Å². The van der Waals surface area contributed by atoms with E-state index in [1.165, 1.54) is 0 Å². The molecule has 5 nitrogen and oxygen atoms in total. The van der Waals surface area contributed by atoms with Crippen LogP contribution in [0, 0.1) is 11.3 Å². The summed E-state index contributed by atoms with van der Waals surface area (Å²) in [7, 11) is 0. The lowest BCUT2D eigenvalue weighted by Crippen LogP contribution is -2.00. The number of H-pyrrole nitrogens is 1. The number of hydrogen-bond donors (Lipinski definition) is 1. The zero-order valence-electron chi connectivity index (χ0n) is 20.3. The van der Waals surface area contributed by atoms with Crippen LogP contribution in [0.1, 0.15) is 5.56 Å². The molecule has 38 heavy (non-hydrogen) atoms. The van der Waals surface area contributed by atoms with E-state index in [2.05, 4.69) is 17.1 Å². The maximum absolute atomic E-state index is 10.6. The Morgan fingerprint density at radius 1 is 0.684 bits per heavy atom. The van der Waals surface area contributed by atoms with Gasteiger partial charge in [-0.1, -0.05) is 97.1 Å². The molecule has 7 rings (SSSR count). The van der Waals surface area contributed by atoms with E-state index >= 15 is 0 Å². The van der Waals surface area contributed by atoms with Crippen molar-refractivity contribution in [2.75, 3.05) is 0 Å². The van der Waals surface area contributed by atoms with Crippen molar-refractivity contribution in [1.82, 2.24) is 19.7 Å². The Bertz CT molecular complexity index is 1960. The van der Waals surface area contributed by atoms with Crippen LogP contribution in [0.5, 0.6) is 0 Å². The first kappa shape index (κ1) is 21.8. The minimum absolute atomic E-state index is 0.526. The van der Waals surface area contributed by atoms with E-state index in [0.29, 0.717) is 16.9 Å². The number of nitrogens with zero attached hydrogens (tertiary/aromatic N) is 4. The Morgan fingerprint density at radius 2 is 1.32 bits per heavy atom. The van der Waals surface area contributed by atoms with Crippen molar-refractivity contribution in [3.63, 3.8) is 0 Å². The Labute approximate surface area is 219 Å². The fraction of sp³-hybridized carbons (Fsp3) is 0.